The number of hydrazone groups is 1. The second-order valence-electron chi connectivity index (χ2n) is 5.65. The first kappa shape index (κ1) is 18.2. The molecule has 27 heavy (non-hydrogen) atoms. The first-order chi connectivity index (χ1) is 13.2. The van der Waals surface area contributed by atoms with Crippen LogP contribution in [0, 0.1) is 0 Å². The standard InChI is InChI=1S/C19H19N3O5/c1-25-14-8-6-13(7-9-14)10-21-22-18(23)11-20-19(24)17-12-26-15-4-2-3-5-16(15)27-17/h2-10,17H,11-12H2,1H3,(H,20,24)(H,22,23). The Morgan fingerprint density at radius 1 is 1.19 bits per heavy atom. The first-order valence-corrected chi connectivity index (χ1v) is 8.28. The molecule has 8 heteroatoms. The van der Waals surface area contributed by atoms with Gasteiger partial charge in [0.05, 0.1) is 19.9 Å². The minimum absolute atomic E-state index is 0.0834. The number of para-hydroxylation sites is 2. The second kappa shape index (κ2) is 8.70. The lowest BCUT2D eigenvalue weighted by Gasteiger charge is -2.25. The van der Waals surface area contributed by atoms with Crippen LogP contribution in [-0.2, 0) is 9.59 Å². The molecule has 1 aliphatic heterocycles. The van der Waals surface area contributed by atoms with E-state index in [9.17, 15) is 9.59 Å². The van der Waals surface area contributed by atoms with Crippen LogP contribution < -0.4 is 25.0 Å². The van der Waals surface area contributed by atoms with E-state index in [2.05, 4.69) is 15.8 Å². The maximum Gasteiger partial charge on any atom is 0.265 e. The maximum absolute atomic E-state index is 12.1. The Labute approximate surface area is 156 Å². The summed E-state index contributed by atoms with van der Waals surface area (Å²) in [6, 6.07) is 14.3. The molecule has 1 heterocycles. The summed E-state index contributed by atoms with van der Waals surface area (Å²) in [6.07, 6.45) is 0.685. The molecule has 0 saturated heterocycles. The number of hydrogen-bond acceptors (Lipinski definition) is 6. The monoisotopic (exact) mass is 369 g/mol. The topological polar surface area (TPSA) is 98.2 Å². The van der Waals surface area contributed by atoms with Gasteiger partial charge in [0.25, 0.3) is 11.8 Å². The van der Waals surface area contributed by atoms with Gasteiger partial charge in [-0.05, 0) is 42.0 Å². The molecular formula is C19H19N3O5. The summed E-state index contributed by atoms with van der Waals surface area (Å²) in [6.45, 7) is -0.139. The third-order valence-corrected chi connectivity index (χ3v) is 3.74. The lowest BCUT2D eigenvalue weighted by molar-refractivity contribution is -0.132. The summed E-state index contributed by atoms with van der Waals surface area (Å²) in [5.74, 6) is 0.934. The molecule has 2 aromatic carbocycles. The highest BCUT2D eigenvalue weighted by Gasteiger charge is 2.27. The molecule has 0 saturated carbocycles. The van der Waals surface area contributed by atoms with Crippen molar-refractivity contribution in [2.24, 2.45) is 5.10 Å². The number of methoxy groups -OCH3 is 1. The van der Waals surface area contributed by atoms with Gasteiger partial charge in [-0.3, -0.25) is 9.59 Å². The highest BCUT2D eigenvalue weighted by Crippen LogP contribution is 2.30. The normalized spacial score (nSPS) is 15.2. The molecule has 140 valence electrons. The number of benzene rings is 2. The molecule has 0 spiro atoms. The molecule has 1 aliphatic rings. The van der Waals surface area contributed by atoms with Gasteiger partial charge in [-0.25, -0.2) is 5.43 Å². The zero-order valence-electron chi connectivity index (χ0n) is 14.7. The van der Waals surface area contributed by atoms with Crippen molar-refractivity contribution in [2.45, 2.75) is 6.10 Å². The summed E-state index contributed by atoms with van der Waals surface area (Å²) in [7, 11) is 1.58. The average molecular weight is 369 g/mol. The van der Waals surface area contributed by atoms with Crippen LogP contribution in [0.25, 0.3) is 0 Å². The van der Waals surface area contributed by atoms with Crippen LogP contribution in [-0.4, -0.2) is 44.4 Å². The third kappa shape index (κ3) is 4.97. The number of nitrogens with zero attached hydrogens (tertiary/aromatic N) is 1. The van der Waals surface area contributed by atoms with E-state index in [1.807, 2.05) is 6.07 Å². The minimum Gasteiger partial charge on any atom is -0.497 e. The summed E-state index contributed by atoms with van der Waals surface area (Å²) in [4.78, 5) is 23.9. The van der Waals surface area contributed by atoms with Crippen LogP contribution in [0.2, 0.25) is 0 Å². The van der Waals surface area contributed by atoms with Gasteiger partial charge in [-0.2, -0.15) is 5.10 Å². The molecule has 0 aliphatic carbocycles. The molecule has 2 aromatic rings. The van der Waals surface area contributed by atoms with Gasteiger partial charge in [-0.1, -0.05) is 12.1 Å². The van der Waals surface area contributed by atoms with E-state index >= 15 is 0 Å². The van der Waals surface area contributed by atoms with Crippen molar-refractivity contribution >= 4 is 18.0 Å². The van der Waals surface area contributed by atoms with Crippen molar-refractivity contribution in [3.8, 4) is 17.2 Å². The van der Waals surface area contributed by atoms with Gasteiger partial charge < -0.3 is 19.5 Å². The van der Waals surface area contributed by atoms with E-state index in [-0.39, 0.29) is 13.2 Å². The van der Waals surface area contributed by atoms with Crippen molar-refractivity contribution in [2.75, 3.05) is 20.3 Å². The second-order valence-corrected chi connectivity index (χ2v) is 5.65. The Balaban J connectivity index is 1.42. The van der Waals surface area contributed by atoms with E-state index in [0.717, 1.165) is 11.3 Å². The zero-order valence-corrected chi connectivity index (χ0v) is 14.7. The van der Waals surface area contributed by atoms with E-state index in [1.165, 1.54) is 6.21 Å². The molecule has 0 radical (unpaired) electrons. The highest BCUT2D eigenvalue weighted by atomic mass is 16.6. The number of hydrogen-bond donors (Lipinski definition) is 2. The number of amides is 2. The van der Waals surface area contributed by atoms with Crippen LogP contribution in [0.1, 0.15) is 5.56 Å². The van der Waals surface area contributed by atoms with Crippen LogP contribution in [0.3, 0.4) is 0 Å². The van der Waals surface area contributed by atoms with E-state index < -0.39 is 17.9 Å². The highest BCUT2D eigenvalue weighted by molar-refractivity contribution is 5.88. The van der Waals surface area contributed by atoms with Gasteiger partial charge >= 0.3 is 0 Å². The van der Waals surface area contributed by atoms with Crippen LogP contribution in [0.15, 0.2) is 53.6 Å². The summed E-state index contributed by atoms with van der Waals surface area (Å²) in [5, 5.41) is 6.34. The summed E-state index contributed by atoms with van der Waals surface area (Å²) >= 11 is 0. The van der Waals surface area contributed by atoms with Gasteiger partial charge in [0.15, 0.2) is 11.5 Å². The predicted molar refractivity (Wildman–Crippen MR) is 98.1 cm³/mol. The Kier molecular flexibility index (Phi) is 5.88. The number of carbonyl (C=O) groups excluding carboxylic acids is 2. The average Bonchev–Trinajstić information content (AvgIpc) is 2.72. The minimum atomic E-state index is -0.810. The molecule has 3 rings (SSSR count). The van der Waals surface area contributed by atoms with Gasteiger partial charge in [-0.15, -0.1) is 0 Å². The summed E-state index contributed by atoms with van der Waals surface area (Å²) in [5.41, 5.74) is 3.14. The molecule has 2 N–H and O–H groups in total. The molecule has 2 amide bonds. The fourth-order valence-corrected chi connectivity index (χ4v) is 2.34. The number of carbonyl (C=O) groups is 2. The predicted octanol–water partition coefficient (Wildman–Crippen LogP) is 1.10. The smallest absolute Gasteiger partial charge is 0.265 e. The zero-order chi connectivity index (χ0) is 19.1. The molecule has 0 fully saturated rings. The first-order valence-electron chi connectivity index (χ1n) is 8.28. The van der Waals surface area contributed by atoms with E-state index in [1.54, 1.807) is 49.6 Å². The van der Waals surface area contributed by atoms with E-state index in [4.69, 9.17) is 14.2 Å². The fraction of sp³-hybridized carbons (Fsp3) is 0.211. The molecular weight excluding hydrogens is 350 g/mol. The number of nitrogens with one attached hydrogen (secondary N) is 2. The molecule has 1 unspecified atom stereocenters. The molecule has 8 nitrogen and oxygen atoms in total. The molecule has 0 aromatic heterocycles. The maximum atomic E-state index is 12.1. The van der Waals surface area contributed by atoms with Crippen molar-refractivity contribution in [1.29, 1.82) is 0 Å². The van der Waals surface area contributed by atoms with Crippen LogP contribution >= 0.6 is 0 Å². The Bertz CT molecular complexity index is 835. The molecule has 1 atom stereocenters. The van der Waals surface area contributed by atoms with Gasteiger partial charge in [0.2, 0.25) is 6.10 Å². The van der Waals surface area contributed by atoms with Crippen molar-refractivity contribution in [3.05, 3.63) is 54.1 Å². The SMILES string of the molecule is COc1ccc(C=NNC(=O)CNC(=O)C2COc3ccccc3O2)cc1. The largest absolute Gasteiger partial charge is 0.497 e. The van der Waals surface area contributed by atoms with E-state index in [0.29, 0.717) is 11.5 Å². The van der Waals surface area contributed by atoms with Crippen molar-refractivity contribution in [1.82, 2.24) is 10.7 Å². The Hall–Kier alpha value is -3.55. The Morgan fingerprint density at radius 3 is 2.67 bits per heavy atom. The van der Waals surface area contributed by atoms with Crippen molar-refractivity contribution < 1.29 is 23.8 Å². The lowest BCUT2D eigenvalue weighted by atomic mass is 10.2. The quantitative estimate of drug-likeness (QED) is 0.587. The molecule has 0 bridgehead atoms. The summed E-state index contributed by atoms with van der Waals surface area (Å²) < 4.78 is 16.1. The number of fused-ring (bicyclic) bond motifs is 1. The fourth-order valence-electron chi connectivity index (χ4n) is 2.34. The lowest BCUT2D eigenvalue weighted by Crippen LogP contribution is -2.46. The van der Waals surface area contributed by atoms with Gasteiger partial charge in [0.1, 0.15) is 12.4 Å². The number of rotatable bonds is 6. The van der Waals surface area contributed by atoms with Crippen molar-refractivity contribution in [3.63, 3.8) is 0 Å². The van der Waals surface area contributed by atoms with Crippen LogP contribution in [0.4, 0.5) is 0 Å². The third-order valence-electron chi connectivity index (χ3n) is 3.74. The van der Waals surface area contributed by atoms with Crippen LogP contribution in [0.5, 0.6) is 17.2 Å². The number of ether oxygens (including phenoxy) is 3. The van der Waals surface area contributed by atoms with Gasteiger partial charge in [0, 0.05) is 0 Å². The Morgan fingerprint density at radius 2 is 1.93 bits per heavy atom.